The van der Waals surface area contributed by atoms with Crippen molar-refractivity contribution in [3.63, 3.8) is 0 Å². The highest BCUT2D eigenvalue weighted by atomic mass is 16.5. The maximum Gasteiger partial charge on any atom is 0.338 e. The summed E-state index contributed by atoms with van der Waals surface area (Å²) in [4.78, 5) is 40.6. The molecule has 4 rings (SSSR count). The number of hydrogen-bond acceptors (Lipinski definition) is 7. The molecule has 3 heterocycles. The Kier molecular flexibility index (Phi) is 6.55. The summed E-state index contributed by atoms with van der Waals surface area (Å²) in [6, 6.07) is 6.56. The van der Waals surface area contributed by atoms with Gasteiger partial charge in [0, 0.05) is 50.4 Å². The zero-order valence-electron chi connectivity index (χ0n) is 18.9. The van der Waals surface area contributed by atoms with Gasteiger partial charge in [-0.05, 0) is 45.2 Å². The monoisotopic (exact) mass is 438 g/mol. The molecule has 9 heteroatoms. The smallest absolute Gasteiger partial charge is 0.338 e. The van der Waals surface area contributed by atoms with Crippen molar-refractivity contribution in [1.29, 1.82) is 0 Å². The van der Waals surface area contributed by atoms with E-state index in [1.165, 1.54) is 0 Å². The molecule has 2 aromatic rings. The highest BCUT2D eigenvalue weighted by Gasteiger charge is 2.28. The molecule has 0 spiro atoms. The number of aromatic nitrogens is 2. The first kappa shape index (κ1) is 22.0. The summed E-state index contributed by atoms with van der Waals surface area (Å²) in [6.07, 6.45) is 0.703. The van der Waals surface area contributed by atoms with Gasteiger partial charge in [0.25, 0.3) is 0 Å². The number of carbonyl (C=O) groups excluding carboxylic acids is 2. The van der Waals surface area contributed by atoms with Crippen molar-refractivity contribution in [2.75, 3.05) is 56.6 Å². The average molecular weight is 439 g/mol. The van der Waals surface area contributed by atoms with Crippen LogP contribution in [0.25, 0.3) is 0 Å². The molecule has 0 atom stereocenters. The minimum atomic E-state index is -0.371. The van der Waals surface area contributed by atoms with E-state index in [0.717, 1.165) is 49.1 Å². The number of hydrogen-bond donors (Lipinski definition) is 1. The number of likely N-dealkylation sites (N-methyl/N-ethyl adjacent to an activating group) is 1. The fraction of sp³-hybridized carbons (Fsp3) is 0.478. The van der Waals surface area contributed by atoms with Crippen molar-refractivity contribution in [2.45, 2.75) is 26.8 Å². The van der Waals surface area contributed by atoms with Crippen LogP contribution in [0.4, 0.5) is 16.3 Å². The lowest BCUT2D eigenvalue weighted by Crippen LogP contribution is -2.46. The zero-order valence-corrected chi connectivity index (χ0v) is 18.9. The molecule has 0 radical (unpaired) electrons. The minimum absolute atomic E-state index is 0.176. The van der Waals surface area contributed by atoms with E-state index >= 15 is 0 Å². The first-order valence-corrected chi connectivity index (χ1v) is 11.1. The minimum Gasteiger partial charge on any atom is -0.462 e. The Labute approximate surface area is 188 Å². The molecule has 2 amide bonds. The Morgan fingerprint density at radius 2 is 1.78 bits per heavy atom. The van der Waals surface area contributed by atoms with Gasteiger partial charge in [0.2, 0.25) is 0 Å². The fourth-order valence-corrected chi connectivity index (χ4v) is 4.08. The molecule has 0 unspecified atom stereocenters. The third kappa shape index (κ3) is 4.83. The number of amides is 2. The summed E-state index contributed by atoms with van der Waals surface area (Å²) in [6.45, 7) is 8.91. The Morgan fingerprint density at radius 3 is 2.47 bits per heavy atom. The molecule has 1 fully saturated rings. The van der Waals surface area contributed by atoms with Crippen LogP contribution in [-0.4, -0.2) is 78.1 Å². The molecule has 2 aliphatic rings. The predicted molar refractivity (Wildman–Crippen MR) is 122 cm³/mol. The van der Waals surface area contributed by atoms with Crippen molar-refractivity contribution in [3.05, 3.63) is 46.9 Å². The van der Waals surface area contributed by atoms with Crippen LogP contribution >= 0.6 is 0 Å². The van der Waals surface area contributed by atoms with Gasteiger partial charge in [-0.25, -0.2) is 19.6 Å². The molecule has 170 valence electrons. The van der Waals surface area contributed by atoms with Crippen LogP contribution in [0.2, 0.25) is 0 Å². The lowest BCUT2D eigenvalue weighted by Gasteiger charge is -2.37. The van der Waals surface area contributed by atoms with E-state index in [1.807, 2.05) is 6.92 Å². The first-order valence-electron chi connectivity index (χ1n) is 11.1. The van der Waals surface area contributed by atoms with Gasteiger partial charge in [-0.2, -0.15) is 0 Å². The van der Waals surface area contributed by atoms with E-state index in [9.17, 15) is 9.59 Å². The second-order valence-electron chi connectivity index (χ2n) is 8.21. The summed E-state index contributed by atoms with van der Waals surface area (Å²) in [5, 5.41) is 2.93. The SMILES string of the molecule is CCOC(=O)c1ccc(NC(=O)N2CCc3nc(C)nc(N4CCN(C)CC4)c3C2)cc1. The quantitative estimate of drug-likeness (QED) is 0.733. The van der Waals surface area contributed by atoms with Crippen molar-refractivity contribution < 1.29 is 14.3 Å². The van der Waals surface area contributed by atoms with Crippen LogP contribution in [0.1, 0.15) is 34.4 Å². The molecule has 2 aliphatic heterocycles. The number of esters is 1. The van der Waals surface area contributed by atoms with Crippen LogP contribution in [0.3, 0.4) is 0 Å². The number of benzene rings is 1. The zero-order chi connectivity index (χ0) is 22.7. The first-order chi connectivity index (χ1) is 15.4. The molecular weight excluding hydrogens is 408 g/mol. The molecular formula is C23H30N6O3. The van der Waals surface area contributed by atoms with E-state index < -0.39 is 0 Å². The lowest BCUT2D eigenvalue weighted by molar-refractivity contribution is 0.0526. The Bertz CT molecular complexity index is 986. The van der Waals surface area contributed by atoms with Crippen LogP contribution in [0.5, 0.6) is 0 Å². The molecule has 0 aliphatic carbocycles. The standard InChI is InChI=1S/C23H30N6O3/c1-4-32-22(30)17-5-7-18(8-6-17)26-23(31)29-10-9-20-19(15-29)21(25-16(2)24-20)28-13-11-27(3)12-14-28/h5-8H,4,9-15H2,1-3H3,(H,26,31). The molecule has 1 aromatic carbocycles. The highest BCUT2D eigenvalue weighted by molar-refractivity contribution is 5.92. The number of carbonyl (C=O) groups is 2. The van der Waals surface area contributed by atoms with E-state index in [0.29, 0.717) is 37.4 Å². The molecule has 32 heavy (non-hydrogen) atoms. The summed E-state index contributed by atoms with van der Waals surface area (Å²) in [5.74, 6) is 1.36. The lowest BCUT2D eigenvalue weighted by atomic mass is 10.1. The summed E-state index contributed by atoms with van der Waals surface area (Å²) in [7, 11) is 2.13. The number of urea groups is 1. The van der Waals surface area contributed by atoms with E-state index in [4.69, 9.17) is 9.72 Å². The van der Waals surface area contributed by atoms with E-state index in [2.05, 4.69) is 27.1 Å². The van der Waals surface area contributed by atoms with Gasteiger partial charge >= 0.3 is 12.0 Å². The number of nitrogens with zero attached hydrogens (tertiary/aromatic N) is 5. The molecule has 0 saturated carbocycles. The normalized spacial score (nSPS) is 16.5. The molecule has 1 aromatic heterocycles. The summed E-state index contributed by atoms with van der Waals surface area (Å²) >= 11 is 0. The molecule has 1 saturated heterocycles. The van der Waals surface area contributed by atoms with Crippen LogP contribution in [-0.2, 0) is 17.7 Å². The third-order valence-corrected chi connectivity index (χ3v) is 5.89. The number of piperazine rings is 1. The van der Waals surface area contributed by atoms with Gasteiger partial charge in [-0.1, -0.05) is 0 Å². The second-order valence-corrected chi connectivity index (χ2v) is 8.21. The molecule has 9 nitrogen and oxygen atoms in total. The van der Waals surface area contributed by atoms with Crippen LogP contribution in [0, 0.1) is 6.92 Å². The number of ether oxygens (including phenoxy) is 1. The topological polar surface area (TPSA) is 90.9 Å². The Balaban J connectivity index is 1.46. The number of aryl methyl sites for hydroxylation is 1. The summed E-state index contributed by atoms with van der Waals surface area (Å²) < 4.78 is 5.00. The van der Waals surface area contributed by atoms with Crippen LogP contribution < -0.4 is 10.2 Å². The third-order valence-electron chi connectivity index (χ3n) is 5.89. The Hall–Kier alpha value is -3.20. The summed E-state index contributed by atoms with van der Waals surface area (Å²) in [5.41, 5.74) is 3.17. The average Bonchev–Trinajstić information content (AvgIpc) is 2.79. The molecule has 0 bridgehead atoms. The van der Waals surface area contributed by atoms with Gasteiger partial charge in [0.15, 0.2) is 0 Å². The number of rotatable bonds is 4. The maximum absolute atomic E-state index is 13.0. The highest BCUT2D eigenvalue weighted by Crippen LogP contribution is 2.28. The fourth-order valence-electron chi connectivity index (χ4n) is 4.08. The van der Waals surface area contributed by atoms with Gasteiger partial charge in [0.1, 0.15) is 11.6 Å². The van der Waals surface area contributed by atoms with E-state index in [-0.39, 0.29) is 12.0 Å². The van der Waals surface area contributed by atoms with Crippen molar-refractivity contribution in [1.82, 2.24) is 19.8 Å². The van der Waals surface area contributed by atoms with Crippen molar-refractivity contribution >= 4 is 23.5 Å². The van der Waals surface area contributed by atoms with Crippen LogP contribution in [0.15, 0.2) is 24.3 Å². The van der Waals surface area contributed by atoms with Gasteiger partial charge in [0.05, 0.1) is 24.4 Å². The van der Waals surface area contributed by atoms with Gasteiger partial charge in [-0.3, -0.25) is 0 Å². The predicted octanol–water partition coefficient (Wildman–Crippen LogP) is 2.30. The number of nitrogens with one attached hydrogen (secondary N) is 1. The molecule has 1 N–H and O–H groups in total. The van der Waals surface area contributed by atoms with Gasteiger partial charge < -0.3 is 24.8 Å². The largest absolute Gasteiger partial charge is 0.462 e. The Morgan fingerprint density at radius 1 is 1.06 bits per heavy atom. The number of fused-ring (bicyclic) bond motifs is 1. The van der Waals surface area contributed by atoms with Crippen molar-refractivity contribution in [2.24, 2.45) is 0 Å². The van der Waals surface area contributed by atoms with E-state index in [1.54, 1.807) is 36.1 Å². The van der Waals surface area contributed by atoms with Crippen molar-refractivity contribution in [3.8, 4) is 0 Å². The van der Waals surface area contributed by atoms with Gasteiger partial charge in [-0.15, -0.1) is 0 Å². The second kappa shape index (κ2) is 9.52. The number of anilines is 2. The maximum atomic E-state index is 13.0.